The second-order valence-corrected chi connectivity index (χ2v) is 10.9. The van der Waals surface area contributed by atoms with Crippen LogP contribution in [0.3, 0.4) is 0 Å². The Balaban J connectivity index is 1.64. The normalized spacial score (nSPS) is 14.6. The minimum absolute atomic E-state index is 0.0632. The molecule has 1 aromatic heterocycles. The fraction of sp³-hybridized carbons (Fsp3) is 0.312. The summed E-state index contributed by atoms with van der Waals surface area (Å²) < 4.78 is 18.6. The van der Waals surface area contributed by atoms with Gasteiger partial charge in [-0.15, -0.1) is 0 Å². The zero-order valence-electron chi connectivity index (χ0n) is 22.7. The van der Waals surface area contributed by atoms with Crippen molar-refractivity contribution in [2.45, 2.75) is 52.5 Å². The van der Waals surface area contributed by atoms with E-state index in [1.807, 2.05) is 50.2 Å². The Morgan fingerprint density at radius 1 is 0.923 bits per heavy atom. The second kappa shape index (κ2) is 11.3. The second-order valence-electron chi connectivity index (χ2n) is 9.98. The highest BCUT2D eigenvalue weighted by Crippen LogP contribution is 2.43. The molecule has 0 N–H and O–H groups in total. The summed E-state index contributed by atoms with van der Waals surface area (Å²) in [6, 6.07) is 16.0. The van der Waals surface area contributed by atoms with Crippen LogP contribution < -0.4 is 19.8 Å². The lowest BCUT2D eigenvalue weighted by Crippen LogP contribution is -2.29. The molecule has 1 aliphatic heterocycles. The number of unbranched alkanes of at least 4 members (excludes halogenated alkanes) is 3. The first-order valence-corrected chi connectivity index (χ1v) is 14.1. The number of hydrogen-bond acceptors (Lipinski definition) is 5. The highest BCUT2D eigenvalue weighted by atomic mass is 79.9. The predicted molar refractivity (Wildman–Crippen MR) is 157 cm³/mol. The number of hydrogen-bond donors (Lipinski definition) is 0. The van der Waals surface area contributed by atoms with Gasteiger partial charge in [-0.1, -0.05) is 54.2 Å². The van der Waals surface area contributed by atoms with Crippen LogP contribution in [0.5, 0.6) is 11.5 Å². The number of carbonyl (C=O) groups excluding carboxylic acids is 1. The smallest absolute Gasteiger partial charge is 0.295 e. The molecule has 1 atom stereocenters. The highest BCUT2D eigenvalue weighted by molar-refractivity contribution is 9.10. The molecule has 1 aliphatic rings. The maximum Gasteiger partial charge on any atom is 0.295 e. The largest absolute Gasteiger partial charge is 0.493 e. The summed E-state index contributed by atoms with van der Waals surface area (Å²) in [4.78, 5) is 29.5. The third-order valence-electron chi connectivity index (χ3n) is 7.36. The number of benzene rings is 3. The lowest BCUT2D eigenvalue weighted by Gasteiger charge is -2.26. The molecule has 0 saturated heterocycles. The van der Waals surface area contributed by atoms with Gasteiger partial charge < -0.3 is 13.9 Å². The van der Waals surface area contributed by atoms with Crippen LogP contribution in [0, 0.1) is 13.8 Å². The van der Waals surface area contributed by atoms with Crippen LogP contribution in [-0.4, -0.2) is 19.6 Å². The van der Waals surface area contributed by atoms with E-state index in [2.05, 4.69) is 22.9 Å². The number of carbonyl (C=O) groups is 1. The van der Waals surface area contributed by atoms with Gasteiger partial charge in [0.25, 0.3) is 5.91 Å². The molecule has 4 aromatic rings. The summed E-state index contributed by atoms with van der Waals surface area (Å²) in [5, 5.41) is 0.418. The van der Waals surface area contributed by atoms with Crippen molar-refractivity contribution >= 4 is 38.5 Å². The number of aryl methyl sites for hydroxylation is 2. The Morgan fingerprint density at radius 3 is 2.49 bits per heavy atom. The average molecular weight is 591 g/mol. The summed E-state index contributed by atoms with van der Waals surface area (Å²) in [5.41, 5.74) is 4.06. The van der Waals surface area contributed by atoms with Gasteiger partial charge in [0.2, 0.25) is 5.76 Å². The van der Waals surface area contributed by atoms with Crippen molar-refractivity contribution in [2.75, 3.05) is 18.6 Å². The fourth-order valence-electron chi connectivity index (χ4n) is 5.09. The maximum atomic E-state index is 13.9. The van der Waals surface area contributed by atoms with Gasteiger partial charge in [-0.2, -0.15) is 0 Å². The number of anilines is 1. The number of halogens is 1. The summed E-state index contributed by atoms with van der Waals surface area (Å²) in [6.45, 7) is 6.81. The molecule has 0 aliphatic carbocycles. The molecular formula is C32H32BrNO5. The van der Waals surface area contributed by atoms with Crippen LogP contribution in [0.4, 0.5) is 5.69 Å². The first-order valence-electron chi connectivity index (χ1n) is 13.3. The van der Waals surface area contributed by atoms with E-state index in [9.17, 15) is 9.59 Å². The van der Waals surface area contributed by atoms with Crippen molar-refractivity contribution < 1.29 is 18.7 Å². The first kappa shape index (κ1) is 27.0. The van der Waals surface area contributed by atoms with E-state index in [-0.39, 0.29) is 17.1 Å². The Bertz CT molecular complexity index is 1610. The molecule has 3 aromatic carbocycles. The van der Waals surface area contributed by atoms with Crippen LogP contribution in [-0.2, 0) is 0 Å². The monoisotopic (exact) mass is 589 g/mol. The van der Waals surface area contributed by atoms with E-state index in [4.69, 9.17) is 13.9 Å². The quantitative estimate of drug-likeness (QED) is 0.186. The van der Waals surface area contributed by atoms with E-state index in [1.165, 1.54) is 6.42 Å². The van der Waals surface area contributed by atoms with Gasteiger partial charge in [0.1, 0.15) is 5.58 Å². The van der Waals surface area contributed by atoms with Gasteiger partial charge in [0.05, 0.1) is 30.7 Å². The number of amides is 1. The molecular weight excluding hydrogens is 558 g/mol. The predicted octanol–water partition coefficient (Wildman–Crippen LogP) is 7.89. The Morgan fingerprint density at radius 2 is 1.74 bits per heavy atom. The summed E-state index contributed by atoms with van der Waals surface area (Å²) in [6.07, 6.45) is 4.42. The lowest BCUT2D eigenvalue weighted by molar-refractivity contribution is 0.0971. The van der Waals surface area contributed by atoms with Crippen LogP contribution in [0.1, 0.15) is 71.5 Å². The Kier molecular flexibility index (Phi) is 7.80. The van der Waals surface area contributed by atoms with E-state index in [0.29, 0.717) is 40.3 Å². The molecule has 0 fully saturated rings. The molecule has 39 heavy (non-hydrogen) atoms. The van der Waals surface area contributed by atoms with Crippen molar-refractivity contribution in [1.82, 2.24) is 0 Å². The van der Waals surface area contributed by atoms with E-state index in [0.717, 1.165) is 40.4 Å². The maximum absolute atomic E-state index is 13.9. The molecule has 7 heteroatoms. The van der Waals surface area contributed by atoms with Crippen molar-refractivity contribution in [3.63, 3.8) is 0 Å². The zero-order valence-corrected chi connectivity index (χ0v) is 24.3. The highest BCUT2D eigenvalue weighted by Gasteiger charge is 2.44. The van der Waals surface area contributed by atoms with Crippen LogP contribution in [0.25, 0.3) is 11.0 Å². The molecule has 2 heterocycles. The molecule has 0 bridgehead atoms. The molecule has 0 saturated carbocycles. The zero-order chi connectivity index (χ0) is 27.7. The Hall–Kier alpha value is -3.58. The Labute approximate surface area is 236 Å². The van der Waals surface area contributed by atoms with Gasteiger partial charge in [-0.3, -0.25) is 14.5 Å². The lowest BCUT2D eigenvalue weighted by atomic mass is 9.97. The van der Waals surface area contributed by atoms with Gasteiger partial charge in [0, 0.05) is 10.2 Å². The SMILES string of the molecule is CCCCCCOc1ccc(C2c3c(oc4ccc(Br)cc4c3=O)C(=O)N2c2ccc(C)c(C)c2)cc1OC. The van der Waals surface area contributed by atoms with Crippen molar-refractivity contribution in [3.05, 3.63) is 97.3 Å². The van der Waals surface area contributed by atoms with Crippen LogP contribution in [0.15, 0.2) is 68.3 Å². The van der Waals surface area contributed by atoms with E-state index in [1.54, 1.807) is 30.2 Å². The fourth-order valence-corrected chi connectivity index (χ4v) is 5.45. The van der Waals surface area contributed by atoms with Crippen molar-refractivity contribution in [1.29, 1.82) is 0 Å². The van der Waals surface area contributed by atoms with E-state index < -0.39 is 6.04 Å². The number of ether oxygens (including phenoxy) is 2. The van der Waals surface area contributed by atoms with Crippen molar-refractivity contribution in [3.8, 4) is 11.5 Å². The van der Waals surface area contributed by atoms with Crippen LogP contribution >= 0.6 is 15.9 Å². The minimum atomic E-state index is -0.693. The average Bonchev–Trinajstić information content (AvgIpc) is 3.23. The number of methoxy groups -OCH3 is 1. The first-order chi connectivity index (χ1) is 18.8. The van der Waals surface area contributed by atoms with Crippen molar-refractivity contribution in [2.24, 2.45) is 0 Å². The topological polar surface area (TPSA) is 69.0 Å². The molecule has 6 nitrogen and oxygen atoms in total. The molecule has 1 amide bonds. The van der Waals surface area contributed by atoms with Gasteiger partial charge in [0.15, 0.2) is 16.9 Å². The van der Waals surface area contributed by atoms with Gasteiger partial charge in [-0.25, -0.2) is 0 Å². The van der Waals surface area contributed by atoms with E-state index >= 15 is 0 Å². The molecule has 0 spiro atoms. The number of rotatable bonds is 9. The van der Waals surface area contributed by atoms with Gasteiger partial charge >= 0.3 is 0 Å². The summed E-state index contributed by atoms with van der Waals surface area (Å²) >= 11 is 3.46. The number of fused-ring (bicyclic) bond motifs is 2. The van der Waals surface area contributed by atoms with Crippen LogP contribution in [0.2, 0.25) is 0 Å². The minimum Gasteiger partial charge on any atom is -0.493 e. The van der Waals surface area contributed by atoms with Gasteiger partial charge in [-0.05, 0) is 79.4 Å². The molecule has 5 rings (SSSR count). The molecule has 202 valence electrons. The molecule has 0 radical (unpaired) electrons. The molecule has 1 unspecified atom stereocenters. The number of nitrogens with zero attached hydrogens (tertiary/aromatic N) is 1. The summed E-state index contributed by atoms with van der Waals surface area (Å²) in [5.74, 6) is 0.898. The summed E-state index contributed by atoms with van der Waals surface area (Å²) in [7, 11) is 1.59. The standard InChI is InChI=1S/C32H32BrNO5/c1-5-6-7-8-15-38-26-13-10-21(17-27(26)37-4)29-28-30(35)24-18-22(33)11-14-25(24)39-31(28)32(36)34(29)23-12-9-19(2)20(3)16-23/h9-14,16-18,29H,5-8,15H2,1-4H3. The third-order valence-corrected chi connectivity index (χ3v) is 7.85. The third kappa shape index (κ3) is 5.08.